The van der Waals surface area contributed by atoms with Crippen molar-refractivity contribution in [1.82, 2.24) is 0 Å². The minimum absolute atomic E-state index is 0. The first-order valence-corrected chi connectivity index (χ1v) is 6.17. The Bertz CT molecular complexity index is 170. The van der Waals surface area contributed by atoms with Gasteiger partial charge in [0.1, 0.15) is 0 Å². The van der Waals surface area contributed by atoms with Gasteiger partial charge < -0.3 is 43.7 Å². The average Bonchev–Trinajstić information content (AvgIpc) is 2.82. The van der Waals surface area contributed by atoms with E-state index in [1.54, 1.807) is 6.08 Å². The Morgan fingerprint density at radius 2 is 1.48 bits per heavy atom. The Morgan fingerprint density at radius 3 is 1.81 bits per heavy atom. The van der Waals surface area contributed by atoms with E-state index in [1.807, 2.05) is 12.2 Å². The molecule has 1 heteroatoms. The van der Waals surface area contributed by atoms with Gasteiger partial charge in [0.05, 0.1) is 0 Å². The molecule has 0 N–H and O–H groups in total. The first-order chi connectivity index (χ1) is 7.41. The molecule has 1 aliphatic rings. The maximum atomic E-state index is 5.24. The predicted molar refractivity (Wildman–Crippen MR) is 101 cm³/mol. The molecule has 21 heavy (non-hydrogen) atoms. The van der Waals surface area contributed by atoms with E-state index >= 15 is 0 Å². The molecule has 1 radical (unpaired) electrons. The van der Waals surface area contributed by atoms with Gasteiger partial charge >= 0.3 is 0 Å². The monoisotopic (exact) mass is 472 g/mol. The van der Waals surface area contributed by atoms with Gasteiger partial charge in [-0.05, 0) is 0 Å². The smallest absolute Gasteiger partial charge is 0 e. The van der Waals surface area contributed by atoms with Crippen LogP contribution in [0.4, 0.5) is 0 Å². The summed E-state index contributed by atoms with van der Waals surface area (Å²) in [6.45, 7) is 7.49. The zero-order chi connectivity index (χ0) is 11.2. The summed E-state index contributed by atoms with van der Waals surface area (Å²) in [5, 5.41) is 0. The van der Waals surface area contributed by atoms with Gasteiger partial charge in [-0.25, -0.2) is 12.2 Å². The van der Waals surface area contributed by atoms with E-state index < -0.39 is 0 Å². The maximum absolute atomic E-state index is 5.24. The van der Waals surface area contributed by atoms with Crippen molar-refractivity contribution in [2.75, 3.05) is 0 Å². The van der Waals surface area contributed by atoms with Gasteiger partial charge in [0.2, 0.25) is 0 Å². The van der Waals surface area contributed by atoms with Crippen LogP contribution >= 0.6 is 0 Å². The van der Waals surface area contributed by atoms with Gasteiger partial charge in [-0.1, -0.05) is 51.9 Å². The molecular formula is C20H39Ir-7. The summed E-state index contributed by atoms with van der Waals surface area (Å²) >= 11 is 0. The van der Waals surface area contributed by atoms with Crippen molar-refractivity contribution in [2.24, 2.45) is 0 Å². The van der Waals surface area contributed by atoms with Crippen LogP contribution in [0.3, 0.4) is 0 Å². The predicted octanol–water partition coefficient (Wildman–Crippen LogP) is 7.28. The van der Waals surface area contributed by atoms with Gasteiger partial charge in [0, 0.05) is 20.1 Å². The van der Waals surface area contributed by atoms with Crippen molar-refractivity contribution >= 4 is 0 Å². The van der Waals surface area contributed by atoms with Crippen molar-refractivity contribution < 1.29 is 20.1 Å². The molecule has 0 aromatic carbocycles. The molecule has 0 aromatic heterocycles. The Balaban J connectivity index is -0.0000000317. The minimum atomic E-state index is 0. The van der Waals surface area contributed by atoms with Gasteiger partial charge in [0.25, 0.3) is 0 Å². The summed E-state index contributed by atoms with van der Waals surface area (Å²) in [5.41, 5.74) is 0. The van der Waals surface area contributed by atoms with Crippen molar-refractivity contribution in [1.29, 1.82) is 0 Å². The molecule has 0 aromatic rings. The van der Waals surface area contributed by atoms with Crippen molar-refractivity contribution in [3.63, 3.8) is 0 Å². The summed E-state index contributed by atoms with van der Waals surface area (Å²) in [6, 6.07) is 0. The SMILES string of the molecule is [C-]1=CC=CC1.[CH-]=CCCCCCCCC.[CH3-].[CH3-].[CH3-].[CH3-].[CH3-].[Ir]. The van der Waals surface area contributed by atoms with E-state index in [1.165, 1.54) is 38.5 Å². The Labute approximate surface area is 152 Å². The molecule has 0 heterocycles. The number of hydrogen-bond acceptors (Lipinski definition) is 0. The minimum Gasteiger partial charge on any atom is -0.518 e. The molecule has 0 bridgehead atoms. The van der Waals surface area contributed by atoms with Crippen molar-refractivity contribution in [3.05, 3.63) is 74.1 Å². The zero-order valence-corrected chi connectivity index (χ0v) is 17.8. The van der Waals surface area contributed by atoms with Gasteiger partial charge in [-0.2, -0.15) is 6.08 Å². The van der Waals surface area contributed by atoms with Crippen molar-refractivity contribution in [3.8, 4) is 0 Å². The quantitative estimate of drug-likeness (QED) is 0.270. The number of unbranched alkanes of at least 4 members (excludes halogenated alkanes) is 6. The van der Waals surface area contributed by atoms with Gasteiger partial charge in [-0.15, -0.1) is 6.42 Å². The van der Waals surface area contributed by atoms with Crippen LogP contribution in [-0.4, -0.2) is 0 Å². The zero-order valence-electron chi connectivity index (χ0n) is 15.4. The fourth-order valence-corrected chi connectivity index (χ4v) is 1.38. The molecule has 1 rings (SSSR count). The van der Waals surface area contributed by atoms with E-state index in [4.69, 9.17) is 6.58 Å². The fraction of sp³-hybridized carbons (Fsp3) is 0.450. The van der Waals surface area contributed by atoms with Crippen LogP contribution in [0.1, 0.15) is 58.3 Å². The van der Waals surface area contributed by atoms with Gasteiger partial charge in [-0.3, -0.25) is 12.2 Å². The van der Waals surface area contributed by atoms with Crippen molar-refractivity contribution in [2.45, 2.75) is 58.3 Å². The summed E-state index contributed by atoms with van der Waals surface area (Å²) in [5.74, 6) is 0. The maximum Gasteiger partial charge on any atom is 0 e. The second kappa shape index (κ2) is 42.7. The topological polar surface area (TPSA) is 0 Å². The third-order valence-corrected chi connectivity index (χ3v) is 2.31. The molecular weight excluding hydrogens is 432 g/mol. The normalized spacial score (nSPS) is 8.81. The summed E-state index contributed by atoms with van der Waals surface area (Å²) in [7, 11) is 0. The molecule has 0 spiro atoms. The average molecular weight is 472 g/mol. The summed E-state index contributed by atoms with van der Waals surface area (Å²) < 4.78 is 0. The Morgan fingerprint density at radius 1 is 0.952 bits per heavy atom. The van der Waals surface area contributed by atoms with E-state index in [0.29, 0.717) is 0 Å². The van der Waals surface area contributed by atoms with Crippen LogP contribution in [-0.2, 0) is 20.1 Å². The van der Waals surface area contributed by atoms with Crippen LogP contribution in [0.25, 0.3) is 0 Å². The molecule has 135 valence electrons. The van der Waals surface area contributed by atoms with Crippen LogP contribution in [0.5, 0.6) is 0 Å². The van der Waals surface area contributed by atoms with E-state index in [0.717, 1.165) is 12.8 Å². The number of allylic oxidation sites excluding steroid dienone is 5. The van der Waals surface area contributed by atoms with Crippen LogP contribution in [0, 0.1) is 49.8 Å². The molecule has 0 unspecified atom stereocenters. The van der Waals surface area contributed by atoms with Crippen LogP contribution in [0.2, 0.25) is 0 Å². The Kier molecular flexibility index (Phi) is 87.1. The largest absolute Gasteiger partial charge is 0.518 e. The molecule has 0 saturated carbocycles. The Hall–Kier alpha value is -0.131. The molecule has 0 saturated heterocycles. The van der Waals surface area contributed by atoms with Crippen LogP contribution in [0.15, 0.2) is 24.3 Å². The van der Waals surface area contributed by atoms with E-state index in [-0.39, 0.29) is 57.2 Å². The summed E-state index contributed by atoms with van der Waals surface area (Å²) in [4.78, 5) is 0. The molecule has 0 atom stereocenters. The number of rotatable bonds is 7. The first kappa shape index (κ1) is 42.8. The number of hydrogen-bond donors (Lipinski definition) is 0. The third kappa shape index (κ3) is 45.0. The van der Waals surface area contributed by atoms with E-state index in [9.17, 15) is 0 Å². The standard InChI is InChI=1S/C10H19.C5H5.5CH3.Ir/c1-3-5-7-9-10-8-6-4-2;1-2-4-5-3-1;;;;;;/h1,3H,4-10H2,2H3;1-3H,4H2;5*1H3;/q7*-1;. The van der Waals surface area contributed by atoms with Gasteiger partial charge in [0.15, 0.2) is 0 Å². The first-order valence-electron chi connectivity index (χ1n) is 6.17. The molecule has 0 nitrogen and oxygen atoms in total. The molecule has 0 fully saturated rings. The molecule has 0 amide bonds. The van der Waals surface area contributed by atoms with E-state index in [2.05, 4.69) is 19.1 Å². The second-order valence-electron chi connectivity index (χ2n) is 3.80. The molecule has 1 aliphatic carbocycles. The fourth-order valence-electron chi connectivity index (χ4n) is 1.38. The van der Waals surface area contributed by atoms with Crippen LogP contribution < -0.4 is 0 Å². The molecule has 0 aliphatic heterocycles. The third-order valence-electron chi connectivity index (χ3n) is 2.31. The second-order valence-corrected chi connectivity index (χ2v) is 3.80. The summed E-state index contributed by atoms with van der Waals surface area (Å²) in [6.07, 6.45) is 21.0.